The number of carboxylic acid groups (broad SMARTS) is 1. The summed E-state index contributed by atoms with van der Waals surface area (Å²) in [6.45, 7) is 10.9. The van der Waals surface area contributed by atoms with Crippen molar-refractivity contribution in [3.63, 3.8) is 0 Å². The maximum absolute atomic E-state index is 13.6. The fourth-order valence-electron chi connectivity index (χ4n) is 7.20. The summed E-state index contributed by atoms with van der Waals surface area (Å²) in [6.07, 6.45) is 31.5. The van der Waals surface area contributed by atoms with Crippen molar-refractivity contribution in [2.24, 2.45) is 11.8 Å². The Balaban J connectivity index is 2.54. The molecule has 0 fully saturated rings. The molecule has 0 aromatic heterocycles. The summed E-state index contributed by atoms with van der Waals surface area (Å²) in [6, 6.07) is 2.80. The van der Waals surface area contributed by atoms with Crippen molar-refractivity contribution in [3.05, 3.63) is 34.4 Å². The Morgan fingerprint density at radius 1 is 0.481 bits per heavy atom. The third-order valence-corrected chi connectivity index (χ3v) is 10.4. The zero-order chi connectivity index (χ0) is 38.4. The smallest absolute Gasteiger partial charge is 0.339 e. The van der Waals surface area contributed by atoms with Gasteiger partial charge in [-0.1, -0.05) is 182 Å². The molecule has 0 aliphatic heterocycles. The second-order valence-electron chi connectivity index (χ2n) is 16.1. The molecule has 0 bridgehead atoms. The van der Waals surface area contributed by atoms with Crippen molar-refractivity contribution in [1.82, 2.24) is 0 Å². The van der Waals surface area contributed by atoms with Gasteiger partial charge in [0.05, 0.1) is 17.7 Å². The van der Waals surface area contributed by atoms with Gasteiger partial charge in [0.15, 0.2) is 11.6 Å². The maximum atomic E-state index is 13.6. The van der Waals surface area contributed by atoms with Gasteiger partial charge in [0.25, 0.3) is 0 Å². The third-order valence-electron chi connectivity index (χ3n) is 10.4. The van der Waals surface area contributed by atoms with Gasteiger partial charge in [0.2, 0.25) is 0 Å². The van der Waals surface area contributed by atoms with E-state index < -0.39 is 17.5 Å². The molecule has 0 radical (unpaired) electrons. The van der Waals surface area contributed by atoms with Crippen molar-refractivity contribution >= 4 is 23.5 Å². The molecule has 1 N–H and O–H groups in total. The zero-order valence-electron chi connectivity index (χ0n) is 34.3. The summed E-state index contributed by atoms with van der Waals surface area (Å²) in [5, 5.41) is 10.2. The minimum Gasteiger partial charge on any atom is -0.478 e. The Kier molecular flexibility index (Phi) is 28.2. The van der Waals surface area contributed by atoms with E-state index in [0.717, 1.165) is 50.4 Å². The van der Waals surface area contributed by atoms with E-state index in [1.165, 1.54) is 128 Å². The molecule has 1 aromatic carbocycles. The number of aromatic carboxylic acids is 1. The average Bonchev–Trinajstić information content (AvgIpc) is 3.10. The highest BCUT2D eigenvalue weighted by Gasteiger charge is 2.29. The average molecular weight is 727 g/mol. The standard InChI is InChI=1S/C46H78O6/c1-6-52-46(51)40-36-35-39(41(47)33-29-25-21-17-13-9-7-11-15-19-23-27-31-37(2)3)43(44(40)45(49)50)42(48)34-30-26-22-18-14-10-8-12-16-20-24-28-32-38(4)5/h35-38H,6-34H2,1-5H3,(H,49,50). The second-order valence-corrected chi connectivity index (χ2v) is 16.1. The van der Waals surface area contributed by atoms with Gasteiger partial charge in [0.1, 0.15) is 0 Å². The first-order valence-electron chi connectivity index (χ1n) is 21.7. The largest absolute Gasteiger partial charge is 0.478 e. The maximum Gasteiger partial charge on any atom is 0.339 e. The molecule has 52 heavy (non-hydrogen) atoms. The molecule has 0 amide bonds. The number of hydrogen-bond acceptors (Lipinski definition) is 5. The van der Waals surface area contributed by atoms with Crippen molar-refractivity contribution in [2.45, 2.75) is 214 Å². The summed E-state index contributed by atoms with van der Waals surface area (Å²) in [5.41, 5.74) is -0.563. The van der Waals surface area contributed by atoms with Crippen LogP contribution in [0.25, 0.3) is 0 Å². The molecular formula is C46H78O6. The third kappa shape index (κ3) is 22.5. The van der Waals surface area contributed by atoms with Crippen LogP contribution in [0.15, 0.2) is 12.1 Å². The Labute approximate surface area is 319 Å². The number of ether oxygens (including phenoxy) is 1. The molecule has 6 heteroatoms. The van der Waals surface area contributed by atoms with Crippen molar-refractivity contribution in [3.8, 4) is 0 Å². The van der Waals surface area contributed by atoms with Crippen LogP contribution in [0.3, 0.4) is 0 Å². The highest BCUT2D eigenvalue weighted by Crippen LogP contribution is 2.26. The van der Waals surface area contributed by atoms with Gasteiger partial charge >= 0.3 is 11.9 Å². The number of carbonyl (C=O) groups is 4. The first-order chi connectivity index (χ1) is 25.1. The van der Waals surface area contributed by atoms with E-state index in [-0.39, 0.29) is 47.7 Å². The Bertz CT molecular complexity index is 1120. The van der Waals surface area contributed by atoms with Gasteiger partial charge < -0.3 is 9.84 Å². The SMILES string of the molecule is CCOC(=O)c1ccc(C(=O)CCCCCCCCCCCCCCC(C)C)c(C(=O)CCCCCCCCCCCCCCC(C)C)c1C(=O)O. The molecule has 1 rings (SSSR count). The fraction of sp³-hybridized carbons (Fsp3) is 0.783. The lowest BCUT2D eigenvalue weighted by molar-refractivity contribution is 0.0514. The predicted molar refractivity (Wildman–Crippen MR) is 217 cm³/mol. The number of hydrogen-bond donors (Lipinski definition) is 1. The molecule has 0 saturated carbocycles. The van der Waals surface area contributed by atoms with Gasteiger partial charge in [-0.25, -0.2) is 9.59 Å². The number of benzene rings is 1. The molecule has 1 aromatic rings. The fourth-order valence-corrected chi connectivity index (χ4v) is 7.20. The van der Waals surface area contributed by atoms with Crippen LogP contribution in [-0.4, -0.2) is 35.2 Å². The minimum absolute atomic E-state index is 0.0822. The highest BCUT2D eigenvalue weighted by atomic mass is 16.5. The molecule has 0 aliphatic carbocycles. The zero-order valence-corrected chi connectivity index (χ0v) is 34.3. The Morgan fingerprint density at radius 3 is 1.15 bits per heavy atom. The lowest BCUT2D eigenvalue weighted by Crippen LogP contribution is -2.20. The van der Waals surface area contributed by atoms with Gasteiger partial charge in [-0.2, -0.15) is 0 Å². The Morgan fingerprint density at radius 2 is 0.808 bits per heavy atom. The summed E-state index contributed by atoms with van der Waals surface area (Å²) in [7, 11) is 0. The van der Waals surface area contributed by atoms with Gasteiger partial charge in [-0.3, -0.25) is 9.59 Å². The molecule has 0 atom stereocenters. The molecule has 6 nitrogen and oxygen atoms in total. The van der Waals surface area contributed by atoms with E-state index in [1.54, 1.807) is 6.92 Å². The van der Waals surface area contributed by atoms with Crippen molar-refractivity contribution in [1.29, 1.82) is 0 Å². The first-order valence-corrected chi connectivity index (χ1v) is 21.7. The molecule has 0 aliphatic rings. The number of esters is 1. The van der Waals surface area contributed by atoms with Crippen LogP contribution in [0.4, 0.5) is 0 Å². The van der Waals surface area contributed by atoms with Gasteiger partial charge in [-0.15, -0.1) is 0 Å². The molecule has 0 spiro atoms. The predicted octanol–water partition coefficient (Wildman–Crippen LogP) is 14.2. The highest BCUT2D eigenvalue weighted by molar-refractivity contribution is 6.17. The van der Waals surface area contributed by atoms with Gasteiger partial charge in [0, 0.05) is 24.0 Å². The number of Topliss-reactive ketones (excluding diaryl/α,β-unsaturated/α-hetero) is 2. The summed E-state index contributed by atoms with van der Waals surface area (Å²) >= 11 is 0. The normalized spacial score (nSPS) is 11.4. The van der Waals surface area contributed by atoms with Crippen molar-refractivity contribution in [2.75, 3.05) is 6.61 Å². The summed E-state index contributed by atoms with van der Waals surface area (Å²) in [5.74, 6) is -1.17. The van der Waals surface area contributed by atoms with E-state index in [4.69, 9.17) is 4.74 Å². The molecule has 0 unspecified atom stereocenters. The van der Waals surface area contributed by atoms with Crippen LogP contribution in [-0.2, 0) is 4.74 Å². The molecular weight excluding hydrogens is 649 g/mol. The first kappa shape index (κ1) is 47.5. The van der Waals surface area contributed by atoms with E-state index in [0.29, 0.717) is 12.8 Å². The second kappa shape index (κ2) is 30.9. The van der Waals surface area contributed by atoms with Crippen LogP contribution in [0, 0.1) is 11.8 Å². The topological polar surface area (TPSA) is 97.7 Å². The van der Waals surface area contributed by atoms with E-state index in [1.807, 2.05) is 0 Å². The number of unbranched alkanes of at least 4 members (excludes halogenated alkanes) is 22. The van der Waals surface area contributed by atoms with Crippen LogP contribution < -0.4 is 0 Å². The van der Waals surface area contributed by atoms with E-state index in [2.05, 4.69) is 27.7 Å². The molecule has 0 heterocycles. The molecule has 298 valence electrons. The number of carbonyl (C=O) groups excluding carboxylic acids is 3. The number of ketones is 2. The molecule has 0 saturated heterocycles. The van der Waals surface area contributed by atoms with Gasteiger partial charge in [-0.05, 0) is 43.7 Å². The van der Waals surface area contributed by atoms with E-state index >= 15 is 0 Å². The van der Waals surface area contributed by atoms with Crippen LogP contribution in [0.1, 0.15) is 256 Å². The monoisotopic (exact) mass is 727 g/mol. The quantitative estimate of drug-likeness (QED) is 0.0425. The number of carboxylic acids is 1. The lowest BCUT2D eigenvalue weighted by Gasteiger charge is -2.15. The van der Waals surface area contributed by atoms with Crippen LogP contribution >= 0.6 is 0 Å². The number of rotatable bonds is 35. The summed E-state index contributed by atoms with van der Waals surface area (Å²) < 4.78 is 5.11. The summed E-state index contributed by atoms with van der Waals surface area (Å²) in [4.78, 5) is 52.2. The van der Waals surface area contributed by atoms with Crippen LogP contribution in [0.5, 0.6) is 0 Å². The lowest BCUT2D eigenvalue weighted by atomic mass is 9.88. The van der Waals surface area contributed by atoms with E-state index in [9.17, 15) is 24.3 Å². The minimum atomic E-state index is -1.39. The van der Waals surface area contributed by atoms with Crippen molar-refractivity contribution < 1.29 is 29.0 Å². The van der Waals surface area contributed by atoms with Crippen LogP contribution in [0.2, 0.25) is 0 Å². The Hall–Kier alpha value is -2.50.